The minimum atomic E-state index is 0.731. The molecule has 2 N–H and O–H groups in total. The summed E-state index contributed by atoms with van der Waals surface area (Å²) >= 11 is 0. The molecule has 0 aliphatic carbocycles. The predicted octanol–water partition coefficient (Wildman–Crippen LogP) is 2.06. The highest BCUT2D eigenvalue weighted by molar-refractivity contribution is 5.09. The Bertz CT molecular complexity index is 72.5. The van der Waals surface area contributed by atoms with Gasteiger partial charge in [0.1, 0.15) is 0 Å². The molecule has 0 aromatic carbocycles. The van der Waals surface area contributed by atoms with Crippen molar-refractivity contribution in [2.45, 2.75) is 20.8 Å². The van der Waals surface area contributed by atoms with E-state index in [9.17, 15) is 0 Å². The standard InChI is InChI=1S/C5H9N.C2H6/c1-3-5(6)4-2;1-2/h3-4H,1,6H2,2H3;1-2H3/b5-4+;. The Kier molecular flexibility index (Phi) is 12.3. The fourth-order valence-corrected chi connectivity index (χ4v) is 0.118. The predicted molar refractivity (Wildman–Crippen MR) is 39.5 cm³/mol. The molecule has 0 spiro atoms. The summed E-state index contributed by atoms with van der Waals surface area (Å²) in [6.45, 7) is 9.31. The van der Waals surface area contributed by atoms with E-state index >= 15 is 0 Å². The van der Waals surface area contributed by atoms with Crippen LogP contribution < -0.4 is 5.73 Å². The van der Waals surface area contributed by atoms with E-state index in [2.05, 4.69) is 6.58 Å². The van der Waals surface area contributed by atoms with Crippen LogP contribution in [-0.4, -0.2) is 0 Å². The third-order valence-corrected chi connectivity index (χ3v) is 0.569. The zero-order valence-corrected chi connectivity index (χ0v) is 5.94. The molecule has 0 aromatic heterocycles. The molecule has 8 heavy (non-hydrogen) atoms. The van der Waals surface area contributed by atoms with Crippen molar-refractivity contribution in [3.05, 3.63) is 24.4 Å². The normalized spacial score (nSPS) is 9.12. The quantitative estimate of drug-likeness (QED) is 0.517. The van der Waals surface area contributed by atoms with Crippen LogP contribution >= 0.6 is 0 Å². The average molecular weight is 113 g/mol. The monoisotopic (exact) mass is 113 g/mol. The van der Waals surface area contributed by atoms with Crippen LogP contribution in [0.4, 0.5) is 0 Å². The van der Waals surface area contributed by atoms with Crippen molar-refractivity contribution >= 4 is 0 Å². The third-order valence-electron chi connectivity index (χ3n) is 0.569. The Morgan fingerprint density at radius 3 is 1.88 bits per heavy atom. The van der Waals surface area contributed by atoms with E-state index in [-0.39, 0.29) is 0 Å². The van der Waals surface area contributed by atoms with Gasteiger partial charge in [-0.05, 0) is 13.0 Å². The molecule has 1 nitrogen and oxygen atoms in total. The Morgan fingerprint density at radius 1 is 1.50 bits per heavy atom. The summed E-state index contributed by atoms with van der Waals surface area (Å²) in [6.07, 6.45) is 3.41. The maximum absolute atomic E-state index is 5.22. The van der Waals surface area contributed by atoms with E-state index in [0.29, 0.717) is 0 Å². The highest BCUT2D eigenvalue weighted by Gasteiger charge is 1.66. The lowest BCUT2D eigenvalue weighted by molar-refractivity contribution is 1.40. The first-order valence-electron chi connectivity index (χ1n) is 2.85. The van der Waals surface area contributed by atoms with Gasteiger partial charge in [-0.1, -0.05) is 26.5 Å². The largest absolute Gasteiger partial charge is 0.399 e. The van der Waals surface area contributed by atoms with Gasteiger partial charge in [-0.2, -0.15) is 0 Å². The fourth-order valence-electron chi connectivity index (χ4n) is 0.118. The summed E-state index contributed by atoms with van der Waals surface area (Å²) in [5.41, 5.74) is 5.95. The smallest absolute Gasteiger partial charge is 0.0264 e. The van der Waals surface area contributed by atoms with Crippen molar-refractivity contribution in [1.82, 2.24) is 0 Å². The Balaban J connectivity index is 0. The molecule has 0 rings (SSSR count). The van der Waals surface area contributed by atoms with Crippen molar-refractivity contribution in [2.75, 3.05) is 0 Å². The molecule has 0 saturated carbocycles. The highest BCUT2D eigenvalue weighted by atomic mass is 14.5. The van der Waals surface area contributed by atoms with Gasteiger partial charge < -0.3 is 5.73 Å². The number of rotatable bonds is 1. The Hall–Kier alpha value is -0.720. The summed E-state index contributed by atoms with van der Waals surface area (Å²) in [5.74, 6) is 0. The van der Waals surface area contributed by atoms with E-state index in [1.54, 1.807) is 12.2 Å². The zero-order valence-electron chi connectivity index (χ0n) is 5.94. The second kappa shape index (κ2) is 9.56. The van der Waals surface area contributed by atoms with Gasteiger partial charge in [0.25, 0.3) is 0 Å². The maximum Gasteiger partial charge on any atom is 0.0264 e. The molecule has 0 aliphatic heterocycles. The van der Waals surface area contributed by atoms with E-state index in [4.69, 9.17) is 5.73 Å². The van der Waals surface area contributed by atoms with Gasteiger partial charge in [-0.25, -0.2) is 0 Å². The van der Waals surface area contributed by atoms with E-state index < -0.39 is 0 Å². The van der Waals surface area contributed by atoms with Crippen LogP contribution in [0.2, 0.25) is 0 Å². The molecule has 0 saturated heterocycles. The second-order valence-corrected chi connectivity index (χ2v) is 0.993. The number of nitrogens with two attached hydrogens (primary N) is 1. The van der Waals surface area contributed by atoms with Crippen LogP contribution in [0, 0.1) is 0 Å². The lowest BCUT2D eigenvalue weighted by Gasteiger charge is -1.80. The van der Waals surface area contributed by atoms with Crippen LogP contribution in [0.3, 0.4) is 0 Å². The maximum atomic E-state index is 5.22. The number of hydrogen-bond donors (Lipinski definition) is 1. The summed E-state index contributed by atoms with van der Waals surface area (Å²) < 4.78 is 0. The van der Waals surface area contributed by atoms with E-state index in [1.165, 1.54) is 0 Å². The first-order chi connectivity index (χ1) is 3.81. The summed E-state index contributed by atoms with van der Waals surface area (Å²) in [7, 11) is 0. The van der Waals surface area contributed by atoms with Crippen LogP contribution in [0.5, 0.6) is 0 Å². The van der Waals surface area contributed by atoms with Crippen molar-refractivity contribution in [2.24, 2.45) is 5.73 Å². The number of allylic oxidation sites excluding steroid dienone is 2. The van der Waals surface area contributed by atoms with Crippen LogP contribution in [0.25, 0.3) is 0 Å². The lowest BCUT2D eigenvalue weighted by atomic mass is 10.4. The topological polar surface area (TPSA) is 26.0 Å². The molecule has 0 atom stereocenters. The van der Waals surface area contributed by atoms with Gasteiger partial charge in [-0.3, -0.25) is 0 Å². The fraction of sp³-hybridized carbons (Fsp3) is 0.429. The minimum absolute atomic E-state index is 0.731. The SMILES string of the molecule is C=C/C(N)=C\C.CC. The second-order valence-electron chi connectivity index (χ2n) is 0.993. The Morgan fingerprint density at radius 2 is 1.88 bits per heavy atom. The molecule has 0 radical (unpaired) electrons. The molecule has 1 heteroatoms. The molecule has 0 fully saturated rings. The van der Waals surface area contributed by atoms with Gasteiger partial charge in [-0.15, -0.1) is 0 Å². The highest BCUT2D eigenvalue weighted by Crippen LogP contribution is 1.78. The molecular weight excluding hydrogens is 98.1 g/mol. The first kappa shape index (κ1) is 10.3. The zero-order chi connectivity index (χ0) is 6.99. The minimum Gasteiger partial charge on any atom is -0.399 e. The van der Waals surface area contributed by atoms with Crippen molar-refractivity contribution < 1.29 is 0 Å². The van der Waals surface area contributed by atoms with E-state index in [1.807, 2.05) is 20.8 Å². The van der Waals surface area contributed by atoms with Gasteiger partial charge in [0, 0.05) is 5.70 Å². The van der Waals surface area contributed by atoms with Gasteiger partial charge in [0.2, 0.25) is 0 Å². The molecule has 0 bridgehead atoms. The van der Waals surface area contributed by atoms with Crippen molar-refractivity contribution in [1.29, 1.82) is 0 Å². The molecule has 0 heterocycles. The van der Waals surface area contributed by atoms with Crippen LogP contribution in [0.1, 0.15) is 20.8 Å². The molecule has 0 unspecified atom stereocenters. The van der Waals surface area contributed by atoms with Gasteiger partial charge in [0.05, 0.1) is 0 Å². The van der Waals surface area contributed by atoms with E-state index in [0.717, 1.165) is 5.70 Å². The summed E-state index contributed by atoms with van der Waals surface area (Å²) in [4.78, 5) is 0. The van der Waals surface area contributed by atoms with Gasteiger partial charge >= 0.3 is 0 Å². The van der Waals surface area contributed by atoms with Crippen molar-refractivity contribution in [3.63, 3.8) is 0 Å². The molecular formula is C7H15N. The van der Waals surface area contributed by atoms with Crippen molar-refractivity contribution in [3.8, 4) is 0 Å². The molecule has 0 aromatic rings. The Labute approximate surface area is 51.9 Å². The lowest BCUT2D eigenvalue weighted by Crippen LogP contribution is -1.88. The van der Waals surface area contributed by atoms with Crippen LogP contribution in [0.15, 0.2) is 24.4 Å². The molecule has 0 amide bonds. The summed E-state index contributed by atoms with van der Waals surface area (Å²) in [5, 5.41) is 0. The summed E-state index contributed by atoms with van der Waals surface area (Å²) in [6, 6.07) is 0. The average Bonchev–Trinajstić information content (AvgIpc) is 1.91. The third kappa shape index (κ3) is 8.99. The molecule has 0 aliphatic rings. The molecule has 48 valence electrons. The number of hydrogen-bond acceptors (Lipinski definition) is 1. The van der Waals surface area contributed by atoms with Gasteiger partial charge in [0.15, 0.2) is 0 Å². The first-order valence-corrected chi connectivity index (χ1v) is 2.85. The van der Waals surface area contributed by atoms with Crippen LogP contribution in [-0.2, 0) is 0 Å².